The molecule has 1 saturated heterocycles. The quantitative estimate of drug-likeness (QED) is 0.599. The van der Waals surface area contributed by atoms with E-state index < -0.39 is 5.91 Å². The maximum atomic E-state index is 12.9. The van der Waals surface area contributed by atoms with Crippen molar-refractivity contribution in [1.29, 1.82) is 0 Å². The van der Waals surface area contributed by atoms with Crippen LogP contribution in [0.1, 0.15) is 58.6 Å². The van der Waals surface area contributed by atoms with E-state index >= 15 is 0 Å². The lowest BCUT2D eigenvalue weighted by Crippen LogP contribution is -2.36. The van der Waals surface area contributed by atoms with Gasteiger partial charge in [-0.3, -0.25) is 9.59 Å². The minimum Gasteiger partial charge on any atom is -0.363 e. The van der Waals surface area contributed by atoms with Crippen LogP contribution >= 0.6 is 11.6 Å². The lowest BCUT2D eigenvalue weighted by Gasteiger charge is -2.30. The van der Waals surface area contributed by atoms with Crippen molar-refractivity contribution in [3.8, 4) is 0 Å². The Morgan fingerprint density at radius 1 is 1.29 bits per heavy atom. The van der Waals surface area contributed by atoms with Crippen molar-refractivity contribution in [2.24, 2.45) is 5.73 Å². The molecule has 0 bridgehead atoms. The zero-order valence-electron chi connectivity index (χ0n) is 19.0. The van der Waals surface area contributed by atoms with Gasteiger partial charge in [-0.15, -0.1) is 0 Å². The van der Waals surface area contributed by atoms with E-state index in [-0.39, 0.29) is 22.6 Å². The Labute approximate surface area is 202 Å². The van der Waals surface area contributed by atoms with Gasteiger partial charge < -0.3 is 19.9 Å². The Balaban J connectivity index is 1.44. The highest BCUT2D eigenvalue weighted by atomic mass is 35.5. The number of rotatable bonds is 5. The molecule has 1 fully saturated rings. The summed E-state index contributed by atoms with van der Waals surface area (Å²) in [5.41, 5.74) is 9.84. The van der Waals surface area contributed by atoms with Crippen LogP contribution < -0.4 is 16.2 Å². The predicted octanol–water partition coefficient (Wildman–Crippen LogP) is 2.81. The second-order valence-corrected chi connectivity index (χ2v) is 9.17. The molecule has 1 aromatic carbocycles. The molecular formula is C24H27ClN6O3. The Hall–Kier alpha value is -3.17. The molecule has 0 saturated carbocycles. The van der Waals surface area contributed by atoms with Crippen molar-refractivity contribution in [3.05, 3.63) is 74.2 Å². The van der Waals surface area contributed by atoms with Gasteiger partial charge in [0.25, 0.3) is 11.5 Å². The van der Waals surface area contributed by atoms with Crippen molar-refractivity contribution in [3.63, 3.8) is 0 Å². The second-order valence-electron chi connectivity index (χ2n) is 8.79. The molecular weight excluding hydrogens is 456 g/mol. The SMILES string of the molecule is Cc1ccccc1Cn1c(C(N)=O)nc2c1CCN(c1cnn(C3CCCCO3)c(=O)c1Cl)C2. The van der Waals surface area contributed by atoms with E-state index in [0.717, 1.165) is 41.8 Å². The number of aryl methyl sites for hydroxylation is 1. The lowest BCUT2D eigenvalue weighted by atomic mass is 10.1. The van der Waals surface area contributed by atoms with Crippen LogP contribution in [0, 0.1) is 6.92 Å². The largest absolute Gasteiger partial charge is 0.363 e. The van der Waals surface area contributed by atoms with Crippen LogP contribution in [-0.2, 0) is 24.2 Å². The summed E-state index contributed by atoms with van der Waals surface area (Å²) < 4.78 is 8.95. The van der Waals surface area contributed by atoms with E-state index in [1.165, 1.54) is 4.68 Å². The number of aromatic nitrogens is 4. The monoisotopic (exact) mass is 482 g/mol. The number of fused-ring (bicyclic) bond motifs is 1. The number of nitrogens with zero attached hydrogens (tertiary/aromatic N) is 5. The third kappa shape index (κ3) is 4.10. The maximum Gasteiger partial charge on any atom is 0.290 e. The normalized spacial score (nSPS) is 18.1. The fourth-order valence-corrected chi connectivity index (χ4v) is 5.00. The molecule has 2 aliphatic heterocycles. The van der Waals surface area contributed by atoms with Gasteiger partial charge in [-0.1, -0.05) is 35.9 Å². The highest BCUT2D eigenvalue weighted by molar-refractivity contribution is 6.33. The summed E-state index contributed by atoms with van der Waals surface area (Å²) in [6.45, 7) is 4.18. The van der Waals surface area contributed by atoms with Crippen LogP contribution in [0.15, 0.2) is 35.3 Å². The number of hydrogen-bond donors (Lipinski definition) is 1. The van der Waals surface area contributed by atoms with Crippen LogP contribution in [0.3, 0.4) is 0 Å². The highest BCUT2D eigenvalue weighted by Crippen LogP contribution is 2.30. The molecule has 5 rings (SSSR count). The first kappa shape index (κ1) is 22.6. The molecule has 10 heteroatoms. The number of nitrogens with two attached hydrogens (primary N) is 1. The van der Waals surface area contributed by atoms with Gasteiger partial charge >= 0.3 is 0 Å². The molecule has 1 amide bonds. The third-order valence-corrected chi connectivity index (χ3v) is 6.97. The molecule has 2 aromatic heterocycles. The molecule has 3 aromatic rings. The van der Waals surface area contributed by atoms with Gasteiger partial charge in [0.05, 0.1) is 24.1 Å². The van der Waals surface area contributed by atoms with E-state index in [1.807, 2.05) is 40.7 Å². The number of anilines is 1. The number of benzene rings is 1. The first-order valence-corrected chi connectivity index (χ1v) is 11.9. The highest BCUT2D eigenvalue weighted by Gasteiger charge is 2.29. The number of halogens is 1. The van der Waals surface area contributed by atoms with Crippen LogP contribution in [-0.4, -0.2) is 38.4 Å². The molecule has 178 valence electrons. The van der Waals surface area contributed by atoms with Crippen molar-refractivity contribution >= 4 is 23.2 Å². The van der Waals surface area contributed by atoms with Gasteiger partial charge in [0.1, 0.15) is 5.02 Å². The zero-order valence-corrected chi connectivity index (χ0v) is 19.8. The summed E-state index contributed by atoms with van der Waals surface area (Å²) in [7, 11) is 0. The van der Waals surface area contributed by atoms with Crippen LogP contribution in [0.5, 0.6) is 0 Å². The number of carbonyl (C=O) groups is 1. The van der Waals surface area contributed by atoms with Gasteiger partial charge in [-0.2, -0.15) is 9.78 Å². The number of ether oxygens (including phenoxy) is 1. The standard InChI is InChI=1S/C24H27ClN6O3/c1-15-6-2-3-7-16(15)13-30-18-9-10-29(14-17(18)28-23(30)22(26)32)19-12-27-31(24(33)21(19)25)20-8-4-5-11-34-20/h2-3,6-7,12,20H,4-5,8-11,13-14H2,1H3,(H2,26,32). The minimum atomic E-state index is -0.565. The van der Waals surface area contributed by atoms with Gasteiger partial charge in [0.2, 0.25) is 0 Å². The fraction of sp³-hybridized carbons (Fsp3) is 0.417. The Morgan fingerprint density at radius 2 is 2.12 bits per heavy atom. The summed E-state index contributed by atoms with van der Waals surface area (Å²) in [4.78, 5) is 31.7. The maximum absolute atomic E-state index is 12.9. The number of carbonyl (C=O) groups excluding carboxylic acids is 1. The predicted molar refractivity (Wildman–Crippen MR) is 128 cm³/mol. The second kappa shape index (κ2) is 9.23. The third-order valence-electron chi connectivity index (χ3n) is 6.62. The number of amides is 1. The van der Waals surface area contributed by atoms with E-state index in [4.69, 9.17) is 22.1 Å². The average Bonchev–Trinajstić information content (AvgIpc) is 3.21. The Kier molecular flexibility index (Phi) is 6.14. The first-order valence-electron chi connectivity index (χ1n) is 11.5. The molecule has 2 N–H and O–H groups in total. The Bertz CT molecular complexity index is 1290. The molecule has 4 heterocycles. The molecule has 1 atom stereocenters. The van der Waals surface area contributed by atoms with Crippen LogP contribution in [0.2, 0.25) is 5.02 Å². The molecule has 0 radical (unpaired) electrons. The summed E-state index contributed by atoms with van der Waals surface area (Å²) in [5, 5.41) is 4.48. The number of imidazole rings is 1. The topological polar surface area (TPSA) is 108 Å². The smallest absolute Gasteiger partial charge is 0.290 e. The molecule has 0 spiro atoms. The molecule has 9 nitrogen and oxygen atoms in total. The lowest BCUT2D eigenvalue weighted by molar-refractivity contribution is -0.0424. The summed E-state index contributed by atoms with van der Waals surface area (Å²) in [6.07, 6.45) is 4.58. The van der Waals surface area contributed by atoms with Crippen molar-refractivity contribution < 1.29 is 9.53 Å². The van der Waals surface area contributed by atoms with Gasteiger partial charge in [-0.25, -0.2) is 4.98 Å². The van der Waals surface area contributed by atoms with Crippen molar-refractivity contribution in [1.82, 2.24) is 19.3 Å². The summed E-state index contributed by atoms with van der Waals surface area (Å²) in [5.74, 6) is -0.325. The van der Waals surface area contributed by atoms with Crippen LogP contribution in [0.25, 0.3) is 0 Å². The molecule has 34 heavy (non-hydrogen) atoms. The van der Waals surface area contributed by atoms with E-state index in [9.17, 15) is 9.59 Å². The van der Waals surface area contributed by atoms with E-state index in [1.54, 1.807) is 6.20 Å². The number of hydrogen-bond acceptors (Lipinski definition) is 6. The molecule has 1 unspecified atom stereocenters. The van der Waals surface area contributed by atoms with Gasteiger partial charge in [0.15, 0.2) is 12.1 Å². The van der Waals surface area contributed by atoms with Crippen molar-refractivity contribution in [2.45, 2.75) is 51.9 Å². The van der Waals surface area contributed by atoms with Crippen LogP contribution in [0.4, 0.5) is 5.69 Å². The van der Waals surface area contributed by atoms with Crippen molar-refractivity contribution in [2.75, 3.05) is 18.1 Å². The summed E-state index contributed by atoms with van der Waals surface area (Å²) in [6, 6.07) is 8.05. The van der Waals surface area contributed by atoms with E-state index in [0.29, 0.717) is 38.3 Å². The average molecular weight is 483 g/mol. The zero-order chi connectivity index (χ0) is 23.8. The summed E-state index contributed by atoms with van der Waals surface area (Å²) >= 11 is 6.52. The van der Waals surface area contributed by atoms with E-state index in [2.05, 4.69) is 10.1 Å². The van der Waals surface area contributed by atoms with Gasteiger partial charge in [0, 0.05) is 31.8 Å². The molecule has 2 aliphatic rings. The first-order chi connectivity index (χ1) is 16.4. The fourth-order valence-electron chi connectivity index (χ4n) is 4.74. The van der Waals surface area contributed by atoms with Gasteiger partial charge in [-0.05, 0) is 37.3 Å². The molecule has 0 aliphatic carbocycles. The minimum absolute atomic E-state index is 0.113. The Morgan fingerprint density at radius 3 is 2.85 bits per heavy atom. The number of primary amides is 1.